The summed E-state index contributed by atoms with van der Waals surface area (Å²) >= 11 is 0. The number of nitrogens with one attached hydrogen (secondary N) is 1. The summed E-state index contributed by atoms with van der Waals surface area (Å²) in [5.74, 6) is 3.69. The van der Waals surface area contributed by atoms with Crippen molar-refractivity contribution in [2.45, 2.75) is 51.6 Å². The first-order valence-corrected chi connectivity index (χ1v) is 10.4. The highest BCUT2D eigenvalue weighted by Crippen LogP contribution is 2.28. The summed E-state index contributed by atoms with van der Waals surface area (Å²) in [5, 5.41) is 12.1. The van der Waals surface area contributed by atoms with Crippen molar-refractivity contribution in [3.63, 3.8) is 0 Å². The van der Waals surface area contributed by atoms with Gasteiger partial charge in [0.15, 0.2) is 0 Å². The zero-order valence-corrected chi connectivity index (χ0v) is 16.6. The number of aromatic nitrogens is 3. The molecule has 1 fully saturated rings. The minimum atomic E-state index is 0.250. The Labute approximate surface area is 166 Å². The fourth-order valence-electron chi connectivity index (χ4n) is 4.13. The van der Waals surface area contributed by atoms with E-state index in [9.17, 15) is 4.79 Å². The van der Waals surface area contributed by atoms with Gasteiger partial charge >= 0.3 is 0 Å². The SMILES string of the molecule is CCOc1ccc(CCC(=O)N2CCC(c3nnc4n3CCNC4)CC2)cc1. The molecule has 1 aromatic heterocycles. The third-order valence-corrected chi connectivity index (χ3v) is 5.73. The summed E-state index contributed by atoms with van der Waals surface area (Å²) in [6.07, 6.45) is 3.28. The van der Waals surface area contributed by atoms with Gasteiger partial charge in [0.25, 0.3) is 0 Å². The first-order chi connectivity index (χ1) is 13.7. The van der Waals surface area contributed by atoms with E-state index < -0.39 is 0 Å². The van der Waals surface area contributed by atoms with Crippen molar-refractivity contribution < 1.29 is 9.53 Å². The highest BCUT2D eigenvalue weighted by atomic mass is 16.5. The number of carbonyl (C=O) groups is 1. The van der Waals surface area contributed by atoms with Crippen LogP contribution in [0.15, 0.2) is 24.3 Å². The molecule has 1 saturated heterocycles. The van der Waals surface area contributed by atoms with E-state index in [2.05, 4.69) is 20.1 Å². The molecule has 7 heteroatoms. The summed E-state index contributed by atoms with van der Waals surface area (Å²) in [7, 11) is 0. The Morgan fingerprint density at radius 3 is 2.71 bits per heavy atom. The number of aryl methyl sites for hydroxylation is 1. The lowest BCUT2D eigenvalue weighted by molar-refractivity contribution is -0.132. The largest absolute Gasteiger partial charge is 0.494 e. The van der Waals surface area contributed by atoms with Gasteiger partial charge in [-0.15, -0.1) is 10.2 Å². The maximum atomic E-state index is 12.6. The predicted molar refractivity (Wildman–Crippen MR) is 106 cm³/mol. The van der Waals surface area contributed by atoms with Crippen molar-refractivity contribution >= 4 is 5.91 Å². The highest BCUT2D eigenvalue weighted by molar-refractivity contribution is 5.76. The van der Waals surface area contributed by atoms with Gasteiger partial charge in [-0.3, -0.25) is 4.79 Å². The molecule has 150 valence electrons. The fraction of sp³-hybridized carbons (Fsp3) is 0.571. The molecular weight excluding hydrogens is 354 g/mol. The van der Waals surface area contributed by atoms with E-state index in [1.807, 2.05) is 36.1 Å². The molecule has 28 heavy (non-hydrogen) atoms. The smallest absolute Gasteiger partial charge is 0.222 e. The van der Waals surface area contributed by atoms with Crippen LogP contribution in [-0.2, 0) is 24.3 Å². The molecule has 4 rings (SSSR count). The zero-order chi connectivity index (χ0) is 19.3. The van der Waals surface area contributed by atoms with Gasteiger partial charge < -0.3 is 19.5 Å². The molecule has 0 aliphatic carbocycles. The molecule has 2 aromatic rings. The fourth-order valence-corrected chi connectivity index (χ4v) is 4.13. The number of benzene rings is 1. The zero-order valence-electron chi connectivity index (χ0n) is 16.6. The van der Waals surface area contributed by atoms with Gasteiger partial charge in [0.1, 0.15) is 17.4 Å². The Morgan fingerprint density at radius 1 is 1.18 bits per heavy atom. The van der Waals surface area contributed by atoms with Crippen molar-refractivity contribution in [2.75, 3.05) is 26.2 Å². The second-order valence-corrected chi connectivity index (χ2v) is 7.53. The molecule has 0 radical (unpaired) electrons. The van der Waals surface area contributed by atoms with Gasteiger partial charge in [-0.25, -0.2) is 0 Å². The van der Waals surface area contributed by atoms with Crippen molar-refractivity contribution in [1.82, 2.24) is 25.0 Å². The number of amides is 1. The second kappa shape index (κ2) is 8.73. The summed E-state index contributed by atoms with van der Waals surface area (Å²) in [5.41, 5.74) is 1.18. The van der Waals surface area contributed by atoms with Crippen LogP contribution in [0.4, 0.5) is 0 Å². The van der Waals surface area contributed by atoms with Gasteiger partial charge in [0, 0.05) is 38.5 Å². The van der Waals surface area contributed by atoms with E-state index in [-0.39, 0.29) is 5.91 Å². The number of hydrogen-bond donors (Lipinski definition) is 1. The Balaban J connectivity index is 1.26. The second-order valence-electron chi connectivity index (χ2n) is 7.53. The standard InChI is InChI=1S/C21H29N5O2/c1-2-28-18-6-3-16(4-7-18)5-8-20(27)25-12-9-17(10-13-25)21-24-23-19-15-22-11-14-26(19)21/h3-4,6-7,17,22H,2,5,8-15H2,1H3. The number of piperidine rings is 1. The number of nitrogens with zero attached hydrogens (tertiary/aromatic N) is 4. The first kappa shape index (κ1) is 18.9. The van der Waals surface area contributed by atoms with Crippen molar-refractivity contribution in [2.24, 2.45) is 0 Å². The first-order valence-electron chi connectivity index (χ1n) is 10.4. The minimum Gasteiger partial charge on any atom is -0.494 e. The van der Waals surface area contributed by atoms with Gasteiger partial charge in [-0.05, 0) is 43.9 Å². The van der Waals surface area contributed by atoms with E-state index in [0.29, 0.717) is 18.9 Å². The van der Waals surface area contributed by atoms with Crippen LogP contribution in [0.5, 0.6) is 5.75 Å². The van der Waals surface area contributed by atoms with E-state index in [4.69, 9.17) is 4.74 Å². The van der Waals surface area contributed by atoms with E-state index >= 15 is 0 Å². The third-order valence-electron chi connectivity index (χ3n) is 5.73. The minimum absolute atomic E-state index is 0.250. The molecule has 2 aliphatic rings. The summed E-state index contributed by atoms with van der Waals surface area (Å²) in [6, 6.07) is 8.05. The molecule has 0 saturated carbocycles. The van der Waals surface area contributed by atoms with Crippen LogP contribution < -0.4 is 10.1 Å². The van der Waals surface area contributed by atoms with E-state index in [1.54, 1.807) is 0 Å². The van der Waals surface area contributed by atoms with Crippen LogP contribution in [-0.4, -0.2) is 51.8 Å². The Bertz CT molecular complexity index is 794. The average Bonchev–Trinajstić information content (AvgIpc) is 3.17. The molecule has 0 unspecified atom stereocenters. The lowest BCUT2D eigenvalue weighted by Gasteiger charge is -2.32. The molecule has 2 aliphatic heterocycles. The van der Waals surface area contributed by atoms with Gasteiger partial charge in [-0.2, -0.15) is 0 Å². The van der Waals surface area contributed by atoms with Gasteiger partial charge in [0.05, 0.1) is 13.2 Å². The Hall–Kier alpha value is -2.41. The normalized spacial score (nSPS) is 17.4. The molecule has 1 amide bonds. The molecule has 3 heterocycles. The number of fused-ring (bicyclic) bond motifs is 1. The van der Waals surface area contributed by atoms with E-state index in [0.717, 1.165) is 69.4 Å². The Morgan fingerprint density at radius 2 is 1.96 bits per heavy atom. The average molecular weight is 383 g/mol. The van der Waals surface area contributed by atoms with Crippen LogP contribution >= 0.6 is 0 Å². The number of rotatable bonds is 6. The summed E-state index contributed by atoms with van der Waals surface area (Å²) < 4.78 is 7.74. The quantitative estimate of drug-likeness (QED) is 0.827. The monoisotopic (exact) mass is 383 g/mol. The molecular formula is C21H29N5O2. The van der Waals surface area contributed by atoms with Crippen molar-refractivity contribution in [3.05, 3.63) is 41.5 Å². The molecule has 0 spiro atoms. The highest BCUT2D eigenvalue weighted by Gasteiger charge is 2.28. The molecule has 1 N–H and O–H groups in total. The van der Waals surface area contributed by atoms with Gasteiger partial charge in [-0.1, -0.05) is 12.1 Å². The van der Waals surface area contributed by atoms with E-state index in [1.165, 1.54) is 5.56 Å². The maximum absolute atomic E-state index is 12.6. The molecule has 0 bridgehead atoms. The van der Waals surface area contributed by atoms with Crippen molar-refractivity contribution in [3.8, 4) is 5.75 Å². The summed E-state index contributed by atoms with van der Waals surface area (Å²) in [4.78, 5) is 14.6. The molecule has 0 atom stereocenters. The maximum Gasteiger partial charge on any atom is 0.222 e. The number of hydrogen-bond acceptors (Lipinski definition) is 5. The van der Waals surface area contributed by atoms with Crippen LogP contribution in [0.25, 0.3) is 0 Å². The number of likely N-dealkylation sites (tertiary alicyclic amines) is 1. The summed E-state index contributed by atoms with van der Waals surface area (Å²) in [6.45, 7) is 6.99. The van der Waals surface area contributed by atoms with Crippen LogP contribution in [0.2, 0.25) is 0 Å². The predicted octanol–water partition coefficient (Wildman–Crippen LogP) is 2.12. The van der Waals surface area contributed by atoms with Crippen LogP contribution in [0.1, 0.15) is 49.3 Å². The number of carbonyl (C=O) groups excluding carboxylic acids is 1. The number of ether oxygens (including phenoxy) is 1. The van der Waals surface area contributed by atoms with Gasteiger partial charge in [0.2, 0.25) is 5.91 Å². The Kier molecular flexibility index (Phi) is 5.90. The third kappa shape index (κ3) is 4.19. The topological polar surface area (TPSA) is 72.3 Å². The lowest BCUT2D eigenvalue weighted by atomic mass is 9.95. The van der Waals surface area contributed by atoms with Crippen LogP contribution in [0, 0.1) is 0 Å². The molecule has 7 nitrogen and oxygen atoms in total. The van der Waals surface area contributed by atoms with Crippen LogP contribution in [0.3, 0.4) is 0 Å². The molecule has 1 aromatic carbocycles. The van der Waals surface area contributed by atoms with Crippen molar-refractivity contribution in [1.29, 1.82) is 0 Å². The lowest BCUT2D eigenvalue weighted by Crippen LogP contribution is -2.39.